The number of rotatable bonds is 7. The van der Waals surface area contributed by atoms with Crippen molar-refractivity contribution < 1.29 is 18.7 Å². The van der Waals surface area contributed by atoms with E-state index in [-0.39, 0.29) is 17.8 Å². The summed E-state index contributed by atoms with van der Waals surface area (Å²) >= 11 is 1.60. The Morgan fingerprint density at radius 3 is 2.48 bits per heavy atom. The van der Waals surface area contributed by atoms with Crippen LogP contribution in [0.5, 0.6) is 11.5 Å². The zero-order chi connectivity index (χ0) is 19.2. The second-order valence-electron chi connectivity index (χ2n) is 5.40. The van der Waals surface area contributed by atoms with Crippen LogP contribution in [-0.2, 0) is 0 Å². The molecule has 0 spiro atoms. The third-order valence-corrected chi connectivity index (χ3v) is 4.63. The molecule has 0 fully saturated rings. The van der Waals surface area contributed by atoms with Crippen LogP contribution in [0, 0.1) is 0 Å². The molecule has 1 amide bonds. The van der Waals surface area contributed by atoms with Gasteiger partial charge in [0.1, 0.15) is 11.5 Å². The highest BCUT2D eigenvalue weighted by Gasteiger charge is 2.16. The molecule has 3 rings (SSSR count). The van der Waals surface area contributed by atoms with Crippen molar-refractivity contribution in [3.05, 3.63) is 48.0 Å². The van der Waals surface area contributed by atoms with Crippen LogP contribution in [0.2, 0.25) is 0 Å². The summed E-state index contributed by atoms with van der Waals surface area (Å²) in [6.45, 7) is 2.03. The van der Waals surface area contributed by atoms with Gasteiger partial charge < -0.3 is 13.9 Å². The summed E-state index contributed by atoms with van der Waals surface area (Å²) in [6.07, 6.45) is 0. The molecule has 8 heteroatoms. The maximum Gasteiger partial charge on any atom is 0.322 e. The van der Waals surface area contributed by atoms with Crippen LogP contribution in [0.4, 0.5) is 6.01 Å². The van der Waals surface area contributed by atoms with Crippen molar-refractivity contribution in [2.75, 3.05) is 25.3 Å². The van der Waals surface area contributed by atoms with Crippen LogP contribution in [0.3, 0.4) is 0 Å². The van der Waals surface area contributed by atoms with Crippen LogP contribution in [0.1, 0.15) is 17.3 Å². The van der Waals surface area contributed by atoms with Crippen molar-refractivity contribution in [1.82, 2.24) is 10.2 Å². The van der Waals surface area contributed by atoms with E-state index < -0.39 is 0 Å². The van der Waals surface area contributed by atoms with Gasteiger partial charge in [-0.1, -0.05) is 24.2 Å². The number of hydrogen-bond donors (Lipinski definition) is 1. The number of methoxy groups -OCH3 is 2. The van der Waals surface area contributed by atoms with Crippen LogP contribution >= 0.6 is 11.8 Å². The van der Waals surface area contributed by atoms with E-state index >= 15 is 0 Å². The second kappa shape index (κ2) is 8.59. The maximum atomic E-state index is 12.6. The highest BCUT2D eigenvalue weighted by molar-refractivity contribution is 7.99. The molecule has 0 radical (unpaired) electrons. The summed E-state index contributed by atoms with van der Waals surface area (Å²) < 4.78 is 16.1. The monoisotopic (exact) mass is 385 g/mol. The molecule has 1 N–H and O–H groups in total. The average Bonchev–Trinajstić information content (AvgIpc) is 3.16. The molecule has 140 valence electrons. The van der Waals surface area contributed by atoms with Crippen LogP contribution in [0.15, 0.2) is 51.8 Å². The summed E-state index contributed by atoms with van der Waals surface area (Å²) in [5.41, 5.74) is 1.19. The van der Waals surface area contributed by atoms with Gasteiger partial charge in [0, 0.05) is 16.5 Å². The van der Waals surface area contributed by atoms with Crippen LogP contribution in [0.25, 0.3) is 11.5 Å². The van der Waals surface area contributed by atoms with Crippen molar-refractivity contribution in [1.29, 1.82) is 0 Å². The Morgan fingerprint density at radius 2 is 1.81 bits per heavy atom. The van der Waals surface area contributed by atoms with Gasteiger partial charge >= 0.3 is 6.01 Å². The van der Waals surface area contributed by atoms with Crippen molar-refractivity contribution in [3.63, 3.8) is 0 Å². The quantitative estimate of drug-likeness (QED) is 0.612. The number of nitrogens with zero attached hydrogens (tertiary/aromatic N) is 2. The first-order valence-electron chi connectivity index (χ1n) is 8.24. The van der Waals surface area contributed by atoms with Crippen molar-refractivity contribution in [2.24, 2.45) is 0 Å². The lowest BCUT2D eigenvalue weighted by molar-refractivity contribution is 0.102. The molecule has 0 saturated heterocycles. The molecule has 0 aliphatic carbocycles. The van der Waals surface area contributed by atoms with Crippen molar-refractivity contribution in [3.8, 4) is 23.0 Å². The molecule has 0 aliphatic rings. The smallest absolute Gasteiger partial charge is 0.322 e. The first kappa shape index (κ1) is 18.8. The summed E-state index contributed by atoms with van der Waals surface area (Å²) in [5.74, 6) is 2.01. The van der Waals surface area contributed by atoms with E-state index in [0.717, 1.165) is 10.6 Å². The fourth-order valence-corrected chi connectivity index (χ4v) is 3.22. The van der Waals surface area contributed by atoms with Crippen LogP contribution < -0.4 is 14.8 Å². The number of nitrogens with one attached hydrogen (secondary N) is 1. The summed E-state index contributed by atoms with van der Waals surface area (Å²) in [7, 11) is 3.12. The number of anilines is 1. The number of aromatic nitrogens is 2. The minimum absolute atomic E-state index is 0.0214. The van der Waals surface area contributed by atoms with Gasteiger partial charge in [-0.2, -0.15) is 0 Å². The normalized spacial score (nSPS) is 10.5. The Balaban J connectivity index is 1.82. The Kier molecular flexibility index (Phi) is 5.97. The number of hydrogen-bond acceptors (Lipinski definition) is 7. The average molecular weight is 385 g/mol. The lowest BCUT2D eigenvalue weighted by atomic mass is 10.2. The zero-order valence-electron chi connectivity index (χ0n) is 15.2. The SMILES string of the molecule is CCSc1ccccc1C(=O)Nc1nnc(-c2cc(OC)cc(OC)c2)o1. The van der Waals surface area contributed by atoms with Gasteiger partial charge in [0.2, 0.25) is 5.89 Å². The lowest BCUT2D eigenvalue weighted by Crippen LogP contribution is -2.13. The largest absolute Gasteiger partial charge is 0.497 e. The van der Waals surface area contributed by atoms with E-state index in [1.54, 1.807) is 50.2 Å². The number of carbonyl (C=O) groups excluding carboxylic acids is 1. The second-order valence-corrected chi connectivity index (χ2v) is 6.70. The first-order chi connectivity index (χ1) is 13.1. The molecule has 0 saturated carbocycles. The number of benzene rings is 2. The topological polar surface area (TPSA) is 86.5 Å². The van der Waals surface area contributed by atoms with E-state index in [1.165, 1.54) is 0 Å². The third-order valence-electron chi connectivity index (χ3n) is 3.68. The highest BCUT2D eigenvalue weighted by atomic mass is 32.2. The lowest BCUT2D eigenvalue weighted by Gasteiger charge is -2.07. The van der Waals surface area contributed by atoms with Gasteiger partial charge in [-0.3, -0.25) is 10.1 Å². The first-order valence-corrected chi connectivity index (χ1v) is 9.23. The fourth-order valence-electron chi connectivity index (χ4n) is 2.42. The molecule has 0 aliphatic heterocycles. The number of amides is 1. The van der Waals surface area contributed by atoms with Crippen molar-refractivity contribution in [2.45, 2.75) is 11.8 Å². The van der Waals surface area contributed by atoms with Gasteiger partial charge in [0.25, 0.3) is 5.91 Å². The van der Waals surface area contributed by atoms with E-state index in [2.05, 4.69) is 15.5 Å². The molecule has 1 heterocycles. The fraction of sp³-hybridized carbons (Fsp3) is 0.211. The van der Waals surface area contributed by atoms with Crippen LogP contribution in [-0.4, -0.2) is 36.1 Å². The van der Waals surface area contributed by atoms with Gasteiger partial charge in [-0.25, -0.2) is 0 Å². The van der Waals surface area contributed by atoms with E-state index in [0.29, 0.717) is 22.6 Å². The molecule has 0 bridgehead atoms. The van der Waals surface area contributed by atoms with Crippen molar-refractivity contribution >= 4 is 23.7 Å². The maximum absolute atomic E-state index is 12.6. The van der Waals surface area contributed by atoms with Gasteiger partial charge in [-0.05, 0) is 30.0 Å². The molecule has 0 unspecified atom stereocenters. The number of thioether (sulfide) groups is 1. The standard InChI is InChI=1S/C19H19N3O4S/c1-4-27-16-8-6-5-7-15(16)17(23)20-19-22-21-18(26-19)12-9-13(24-2)11-14(10-12)25-3/h5-11H,4H2,1-3H3,(H,20,22,23). The predicted molar refractivity (Wildman–Crippen MR) is 104 cm³/mol. The zero-order valence-corrected chi connectivity index (χ0v) is 16.0. The molecule has 3 aromatic rings. The minimum Gasteiger partial charge on any atom is -0.497 e. The Hall–Kier alpha value is -3.00. The number of carbonyl (C=O) groups is 1. The van der Waals surface area contributed by atoms with E-state index in [9.17, 15) is 4.79 Å². The van der Waals surface area contributed by atoms with Gasteiger partial charge in [-0.15, -0.1) is 16.9 Å². The molecular formula is C19H19N3O4S. The summed E-state index contributed by atoms with van der Waals surface area (Å²) in [4.78, 5) is 13.5. The van der Waals surface area contributed by atoms with E-state index in [4.69, 9.17) is 13.9 Å². The number of ether oxygens (including phenoxy) is 2. The Labute approximate surface area is 161 Å². The predicted octanol–water partition coefficient (Wildman–Crippen LogP) is 4.12. The minimum atomic E-state index is -0.301. The molecule has 27 heavy (non-hydrogen) atoms. The Morgan fingerprint density at radius 1 is 1.11 bits per heavy atom. The molecule has 2 aromatic carbocycles. The molecular weight excluding hydrogens is 366 g/mol. The molecule has 0 atom stereocenters. The molecule has 7 nitrogen and oxygen atoms in total. The van der Waals surface area contributed by atoms with Gasteiger partial charge in [0.05, 0.1) is 19.8 Å². The third kappa shape index (κ3) is 4.40. The Bertz CT molecular complexity index is 920. The molecule has 1 aromatic heterocycles. The highest BCUT2D eigenvalue weighted by Crippen LogP contribution is 2.30. The van der Waals surface area contributed by atoms with Gasteiger partial charge in [0.15, 0.2) is 0 Å². The summed E-state index contributed by atoms with van der Waals surface area (Å²) in [5, 5.41) is 10.6. The summed E-state index contributed by atoms with van der Waals surface area (Å²) in [6, 6.07) is 12.6. The van der Waals surface area contributed by atoms with E-state index in [1.807, 2.05) is 25.1 Å².